The highest BCUT2D eigenvalue weighted by Crippen LogP contribution is 2.35. The number of hydrogen-bond acceptors (Lipinski definition) is 2. The van der Waals surface area contributed by atoms with Crippen LogP contribution in [0.2, 0.25) is 0 Å². The molecule has 0 radical (unpaired) electrons. The van der Waals surface area contributed by atoms with Crippen LogP contribution in [0.3, 0.4) is 0 Å². The molecule has 1 aliphatic heterocycles. The number of rotatable bonds is 3. The summed E-state index contributed by atoms with van der Waals surface area (Å²) in [6.45, 7) is 6.80. The van der Waals surface area contributed by atoms with E-state index in [1.165, 1.54) is 25.7 Å². The minimum atomic E-state index is 0.272. The van der Waals surface area contributed by atoms with Gasteiger partial charge in [-0.05, 0) is 62.9 Å². The second-order valence-electron chi connectivity index (χ2n) is 6.92. The molecule has 18 heavy (non-hydrogen) atoms. The molecule has 1 aliphatic carbocycles. The van der Waals surface area contributed by atoms with Gasteiger partial charge in [-0.3, -0.25) is 4.79 Å². The van der Waals surface area contributed by atoms with Crippen LogP contribution in [0, 0.1) is 11.3 Å². The average molecular weight is 252 g/mol. The van der Waals surface area contributed by atoms with Gasteiger partial charge in [0.25, 0.3) is 0 Å². The molecule has 1 unspecified atom stereocenters. The quantitative estimate of drug-likeness (QED) is 0.810. The SMILES string of the molecule is CC1(C)CCC(NC(=O)CC2CCCNC2)CC1. The van der Waals surface area contributed by atoms with Crippen molar-refractivity contribution in [3.8, 4) is 0 Å². The number of hydrogen-bond donors (Lipinski definition) is 2. The molecule has 1 heterocycles. The molecule has 0 aromatic heterocycles. The van der Waals surface area contributed by atoms with Crippen LogP contribution in [0.1, 0.15) is 58.8 Å². The van der Waals surface area contributed by atoms with Crippen LogP contribution < -0.4 is 10.6 Å². The van der Waals surface area contributed by atoms with Crippen molar-refractivity contribution in [3.63, 3.8) is 0 Å². The zero-order valence-electron chi connectivity index (χ0n) is 11.9. The van der Waals surface area contributed by atoms with Gasteiger partial charge >= 0.3 is 0 Å². The van der Waals surface area contributed by atoms with E-state index >= 15 is 0 Å². The van der Waals surface area contributed by atoms with Crippen molar-refractivity contribution in [2.75, 3.05) is 13.1 Å². The second-order valence-corrected chi connectivity index (χ2v) is 6.92. The summed E-state index contributed by atoms with van der Waals surface area (Å²) in [5.41, 5.74) is 0.481. The first-order valence-electron chi connectivity index (χ1n) is 7.55. The fraction of sp³-hybridized carbons (Fsp3) is 0.933. The lowest BCUT2D eigenvalue weighted by Crippen LogP contribution is -2.41. The van der Waals surface area contributed by atoms with Gasteiger partial charge in [0.05, 0.1) is 0 Å². The molecule has 1 atom stereocenters. The van der Waals surface area contributed by atoms with E-state index in [0.29, 0.717) is 23.8 Å². The zero-order chi connectivity index (χ0) is 13.0. The van der Waals surface area contributed by atoms with Crippen LogP contribution in [-0.4, -0.2) is 25.0 Å². The first-order chi connectivity index (χ1) is 8.55. The molecule has 3 heteroatoms. The summed E-state index contributed by atoms with van der Waals surface area (Å²) >= 11 is 0. The Balaban J connectivity index is 1.68. The Hall–Kier alpha value is -0.570. The Morgan fingerprint density at radius 3 is 2.61 bits per heavy atom. The minimum absolute atomic E-state index is 0.272. The van der Waals surface area contributed by atoms with E-state index < -0.39 is 0 Å². The van der Waals surface area contributed by atoms with Gasteiger partial charge in [-0.2, -0.15) is 0 Å². The molecule has 104 valence electrons. The number of piperidine rings is 1. The van der Waals surface area contributed by atoms with Gasteiger partial charge in [-0.25, -0.2) is 0 Å². The predicted octanol–water partition coefficient (Wildman–Crippen LogP) is 2.46. The summed E-state index contributed by atoms with van der Waals surface area (Å²) in [5, 5.41) is 6.61. The van der Waals surface area contributed by atoms with Gasteiger partial charge in [0.15, 0.2) is 0 Å². The van der Waals surface area contributed by atoms with Gasteiger partial charge in [0.1, 0.15) is 0 Å². The van der Waals surface area contributed by atoms with E-state index in [-0.39, 0.29) is 5.91 Å². The highest BCUT2D eigenvalue weighted by atomic mass is 16.1. The van der Waals surface area contributed by atoms with Gasteiger partial charge in [0, 0.05) is 12.5 Å². The first-order valence-corrected chi connectivity index (χ1v) is 7.55. The predicted molar refractivity (Wildman–Crippen MR) is 74.4 cm³/mol. The molecule has 1 saturated heterocycles. The first kappa shape index (κ1) is 13.9. The Kier molecular flexibility index (Phi) is 4.66. The molecular weight excluding hydrogens is 224 g/mol. The van der Waals surface area contributed by atoms with Crippen LogP contribution in [0.4, 0.5) is 0 Å². The van der Waals surface area contributed by atoms with Crippen LogP contribution in [0.5, 0.6) is 0 Å². The summed E-state index contributed by atoms with van der Waals surface area (Å²) < 4.78 is 0. The zero-order valence-corrected chi connectivity index (χ0v) is 11.9. The number of carbonyl (C=O) groups excluding carboxylic acids is 1. The number of amides is 1. The molecule has 2 aliphatic rings. The third kappa shape index (κ3) is 4.27. The summed E-state index contributed by atoms with van der Waals surface area (Å²) in [6.07, 6.45) is 7.93. The van der Waals surface area contributed by atoms with Gasteiger partial charge < -0.3 is 10.6 Å². The van der Waals surface area contributed by atoms with Crippen molar-refractivity contribution in [2.24, 2.45) is 11.3 Å². The Morgan fingerprint density at radius 2 is 2.00 bits per heavy atom. The van der Waals surface area contributed by atoms with E-state index in [9.17, 15) is 4.79 Å². The average Bonchev–Trinajstić information content (AvgIpc) is 2.33. The fourth-order valence-corrected chi connectivity index (χ4v) is 3.19. The second kappa shape index (κ2) is 6.05. The molecule has 0 bridgehead atoms. The highest BCUT2D eigenvalue weighted by Gasteiger charge is 2.28. The van der Waals surface area contributed by atoms with E-state index in [1.807, 2.05) is 0 Å². The normalized spacial score (nSPS) is 28.9. The van der Waals surface area contributed by atoms with Crippen molar-refractivity contribution in [3.05, 3.63) is 0 Å². The topological polar surface area (TPSA) is 41.1 Å². The Bertz CT molecular complexity index is 272. The van der Waals surface area contributed by atoms with E-state index in [4.69, 9.17) is 0 Å². The Labute approximate surface area is 111 Å². The van der Waals surface area contributed by atoms with Crippen LogP contribution in [0.15, 0.2) is 0 Å². The monoisotopic (exact) mass is 252 g/mol. The standard InChI is InChI=1S/C15H28N2O/c1-15(2)7-5-13(6-8-15)17-14(18)10-12-4-3-9-16-11-12/h12-13,16H,3-11H2,1-2H3,(H,17,18). The van der Waals surface area contributed by atoms with Crippen molar-refractivity contribution in [1.29, 1.82) is 0 Å². The minimum Gasteiger partial charge on any atom is -0.353 e. The maximum absolute atomic E-state index is 12.0. The van der Waals surface area contributed by atoms with Crippen LogP contribution in [-0.2, 0) is 4.79 Å². The molecular formula is C15H28N2O. The van der Waals surface area contributed by atoms with Crippen LogP contribution in [0.25, 0.3) is 0 Å². The number of carbonyl (C=O) groups is 1. The molecule has 2 rings (SSSR count). The maximum Gasteiger partial charge on any atom is 0.220 e. The molecule has 0 aromatic carbocycles. The van der Waals surface area contributed by atoms with Crippen LogP contribution >= 0.6 is 0 Å². The summed E-state index contributed by atoms with van der Waals surface area (Å²) in [4.78, 5) is 12.0. The largest absolute Gasteiger partial charge is 0.353 e. The van der Waals surface area contributed by atoms with Gasteiger partial charge in [-0.15, -0.1) is 0 Å². The number of nitrogens with one attached hydrogen (secondary N) is 2. The molecule has 0 aromatic rings. The molecule has 2 N–H and O–H groups in total. The lowest BCUT2D eigenvalue weighted by Gasteiger charge is -2.35. The highest BCUT2D eigenvalue weighted by molar-refractivity contribution is 5.76. The van der Waals surface area contributed by atoms with Gasteiger partial charge in [0.2, 0.25) is 5.91 Å². The van der Waals surface area contributed by atoms with Crippen molar-refractivity contribution < 1.29 is 4.79 Å². The molecule has 1 amide bonds. The van der Waals surface area contributed by atoms with Crippen molar-refractivity contribution in [2.45, 2.75) is 64.8 Å². The smallest absolute Gasteiger partial charge is 0.220 e. The molecule has 2 fully saturated rings. The summed E-state index contributed by atoms with van der Waals surface area (Å²) in [5.74, 6) is 0.826. The molecule has 0 spiro atoms. The fourth-order valence-electron chi connectivity index (χ4n) is 3.19. The van der Waals surface area contributed by atoms with Crippen molar-refractivity contribution in [1.82, 2.24) is 10.6 Å². The van der Waals surface area contributed by atoms with Gasteiger partial charge in [-0.1, -0.05) is 13.8 Å². The summed E-state index contributed by atoms with van der Waals surface area (Å²) in [6, 6.07) is 0.432. The Morgan fingerprint density at radius 1 is 1.28 bits per heavy atom. The van der Waals surface area contributed by atoms with E-state index in [1.54, 1.807) is 0 Å². The summed E-state index contributed by atoms with van der Waals surface area (Å²) in [7, 11) is 0. The van der Waals surface area contributed by atoms with Crippen molar-refractivity contribution >= 4 is 5.91 Å². The molecule has 3 nitrogen and oxygen atoms in total. The maximum atomic E-state index is 12.0. The lowest BCUT2D eigenvalue weighted by atomic mass is 9.75. The molecule has 1 saturated carbocycles. The third-order valence-electron chi connectivity index (χ3n) is 4.58. The third-order valence-corrected chi connectivity index (χ3v) is 4.58. The van der Waals surface area contributed by atoms with E-state index in [0.717, 1.165) is 25.9 Å². The lowest BCUT2D eigenvalue weighted by molar-refractivity contribution is -0.123. The van der Waals surface area contributed by atoms with E-state index in [2.05, 4.69) is 24.5 Å².